The van der Waals surface area contributed by atoms with E-state index in [-0.39, 0.29) is 11.3 Å². The molecule has 4 heterocycles. The van der Waals surface area contributed by atoms with Crippen LogP contribution in [0.15, 0.2) is 85.2 Å². The summed E-state index contributed by atoms with van der Waals surface area (Å²) in [4.78, 5) is 27.9. The maximum absolute atomic E-state index is 14.0. The molecule has 1 unspecified atom stereocenters. The molecule has 1 N–H and O–H groups in total. The zero-order valence-corrected chi connectivity index (χ0v) is 30.5. The molecule has 0 aliphatic carbocycles. The Balaban J connectivity index is 1.03. The van der Waals surface area contributed by atoms with Crippen LogP contribution >= 0.6 is 0 Å². The number of likely N-dealkylation sites (tertiary alicyclic amines) is 2. The van der Waals surface area contributed by atoms with Gasteiger partial charge >= 0.3 is 0 Å². The van der Waals surface area contributed by atoms with Gasteiger partial charge in [-0.15, -0.1) is 0 Å². The van der Waals surface area contributed by atoms with Gasteiger partial charge < -0.3 is 38.6 Å². The van der Waals surface area contributed by atoms with Crippen molar-refractivity contribution in [2.75, 3.05) is 66.5 Å². The van der Waals surface area contributed by atoms with Crippen molar-refractivity contribution in [1.29, 1.82) is 0 Å². The third-order valence-corrected chi connectivity index (χ3v) is 10.8. The number of benzene rings is 3. The third kappa shape index (κ3) is 7.23. The van der Waals surface area contributed by atoms with Crippen LogP contribution in [-0.4, -0.2) is 97.4 Å². The lowest BCUT2D eigenvalue weighted by molar-refractivity contribution is 0.0779. The molecule has 2 aliphatic heterocycles. The molecule has 11 nitrogen and oxygen atoms in total. The number of hydrogen-bond acceptors (Lipinski definition) is 9. The number of rotatable bonds is 13. The lowest BCUT2D eigenvalue weighted by atomic mass is 9.76. The molecule has 2 saturated heterocycles. The molecular weight excluding hydrogens is 656 g/mol. The average Bonchev–Trinajstić information content (AvgIpc) is 3.79. The predicted molar refractivity (Wildman–Crippen MR) is 202 cm³/mol. The Bertz CT molecular complexity index is 1950. The highest BCUT2D eigenvalue weighted by Crippen LogP contribution is 2.42. The monoisotopic (exact) mass is 704 g/mol. The first kappa shape index (κ1) is 35.1. The highest BCUT2D eigenvalue weighted by molar-refractivity contribution is 5.96. The van der Waals surface area contributed by atoms with Crippen LogP contribution in [0.1, 0.15) is 47.2 Å². The Morgan fingerprint density at radius 1 is 0.885 bits per heavy atom. The summed E-state index contributed by atoms with van der Waals surface area (Å²) in [7, 11) is 6.38. The molecule has 2 aromatic heterocycles. The standard InChI is InChI=1S/C41H48N6O5/c1-49-33-13-11-31(12-14-33)41(18-23-46(28-41)39(48)30-24-36(50-2)38(52-4)37(25-30)51-3)17-22-45-20-15-32(16-21-45)43-40-44-34-9-5-6-10-35(34)47(40)27-29-8-7-19-42-26-29/h5-14,19,24-26,32H,15-18,20-23,27-28H2,1-4H3,(H,43,44). The fourth-order valence-electron chi connectivity index (χ4n) is 7.84. The van der Waals surface area contributed by atoms with Crippen LogP contribution in [0.4, 0.5) is 5.95 Å². The van der Waals surface area contributed by atoms with Gasteiger partial charge in [0.25, 0.3) is 5.91 Å². The number of amides is 1. The molecule has 0 saturated carbocycles. The molecule has 1 atom stereocenters. The number of aromatic nitrogens is 3. The number of carbonyl (C=O) groups excluding carboxylic acids is 1. The number of carbonyl (C=O) groups is 1. The van der Waals surface area contributed by atoms with Crippen molar-refractivity contribution in [3.05, 3.63) is 102 Å². The minimum Gasteiger partial charge on any atom is -0.497 e. The molecule has 11 heteroatoms. The highest BCUT2D eigenvalue weighted by Gasteiger charge is 2.42. The van der Waals surface area contributed by atoms with Crippen molar-refractivity contribution >= 4 is 22.9 Å². The quantitative estimate of drug-likeness (QED) is 0.152. The van der Waals surface area contributed by atoms with Crippen LogP contribution in [-0.2, 0) is 12.0 Å². The summed E-state index contributed by atoms with van der Waals surface area (Å²) in [5.41, 5.74) is 4.81. The normalized spacial score (nSPS) is 18.0. The molecule has 1 amide bonds. The summed E-state index contributed by atoms with van der Waals surface area (Å²) >= 11 is 0. The fraction of sp³-hybridized carbons (Fsp3) is 0.390. The number of piperidine rings is 1. The molecule has 2 fully saturated rings. The Hall–Kier alpha value is -5.29. The Morgan fingerprint density at radius 3 is 2.31 bits per heavy atom. The summed E-state index contributed by atoms with van der Waals surface area (Å²) in [6.45, 7) is 4.93. The van der Waals surface area contributed by atoms with Gasteiger partial charge in [-0.25, -0.2) is 4.98 Å². The Labute approximate surface area is 305 Å². The zero-order chi connectivity index (χ0) is 36.1. The third-order valence-electron chi connectivity index (χ3n) is 10.8. The van der Waals surface area contributed by atoms with E-state index < -0.39 is 0 Å². The van der Waals surface area contributed by atoms with Crippen LogP contribution in [0.3, 0.4) is 0 Å². The maximum atomic E-state index is 14.0. The Morgan fingerprint density at radius 2 is 1.63 bits per heavy atom. The number of ether oxygens (including phenoxy) is 4. The van der Waals surface area contributed by atoms with Gasteiger partial charge in [-0.1, -0.05) is 30.3 Å². The van der Waals surface area contributed by atoms with E-state index in [9.17, 15) is 4.79 Å². The minimum atomic E-state index is -0.186. The molecule has 7 rings (SSSR count). The lowest BCUT2D eigenvalue weighted by Gasteiger charge is -2.36. The van der Waals surface area contributed by atoms with Crippen molar-refractivity contribution in [1.82, 2.24) is 24.3 Å². The average molecular weight is 705 g/mol. The number of hydrogen-bond donors (Lipinski definition) is 1. The summed E-state index contributed by atoms with van der Waals surface area (Å²) < 4.78 is 24.3. The van der Waals surface area contributed by atoms with E-state index in [1.165, 1.54) is 5.56 Å². The van der Waals surface area contributed by atoms with Gasteiger partial charge in [0.05, 0.1) is 46.0 Å². The summed E-state index contributed by atoms with van der Waals surface area (Å²) in [6, 6.07) is 24.6. The van der Waals surface area contributed by atoms with Gasteiger partial charge in [0.15, 0.2) is 11.5 Å². The van der Waals surface area contributed by atoms with E-state index in [1.807, 2.05) is 35.4 Å². The Kier molecular flexibility index (Phi) is 10.5. The van der Waals surface area contributed by atoms with Gasteiger partial charge in [0.2, 0.25) is 11.7 Å². The molecule has 2 aliphatic rings. The first-order valence-electron chi connectivity index (χ1n) is 18.0. The first-order valence-corrected chi connectivity index (χ1v) is 18.0. The summed E-state index contributed by atoms with van der Waals surface area (Å²) in [6.07, 6.45) is 7.59. The first-order chi connectivity index (χ1) is 25.4. The van der Waals surface area contributed by atoms with E-state index in [0.717, 1.165) is 73.6 Å². The SMILES string of the molecule is COc1ccc(C2(CCN3CCC(Nc4nc5ccccc5n4Cc4cccnc4)CC3)CCN(C(=O)c3cc(OC)c(OC)c(OC)c3)C2)cc1. The van der Waals surface area contributed by atoms with Crippen LogP contribution < -0.4 is 24.3 Å². The molecule has 0 spiro atoms. The van der Waals surface area contributed by atoms with E-state index in [4.69, 9.17) is 23.9 Å². The van der Waals surface area contributed by atoms with Crippen molar-refractivity contribution in [2.45, 2.75) is 43.7 Å². The maximum Gasteiger partial charge on any atom is 0.254 e. The van der Waals surface area contributed by atoms with Crippen LogP contribution in [0.25, 0.3) is 11.0 Å². The van der Waals surface area contributed by atoms with E-state index >= 15 is 0 Å². The van der Waals surface area contributed by atoms with Crippen LogP contribution in [0, 0.1) is 0 Å². The van der Waals surface area contributed by atoms with Crippen molar-refractivity contribution < 1.29 is 23.7 Å². The zero-order valence-electron chi connectivity index (χ0n) is 30.5. The second-order valence-corrected chi connectivity index (χ2v) is 13.8. The largest absolute Gasteiger partial charge is 0.497 e. The van der Waals surface area contributed by atoms with Gasteiger partial charge in [0, 0.05) is 55.6 Å². The number of nitrogens with one attached hydrogen (secondary N) is 1. The highest BCUT2D eigenvalue weighted by atomic mass is 16.5. The van der Waals surface area contributed by atoms with Crippen molar-refractivity contribution in [3.8, 4) is 23.0 Å². The second-order valence-electron chi connectivity index (χ2n) is 13.8. The fourth-order valence-corrected chi connectivity index (χ4v) is 7.84. The van der Waals surface area contributed by atoms with Gasteiger partial charge in [-0.2, -0.15) is 0 Å². The number of methoxy groups -OCH3 is 4. The van der Waals surface area contributed by atoms with Gasteiger partial charge in [0.1, 0.15) is 5.75 Å². The van der Waals surface area contributed by atoms with E-state index in [0.29, 0.717) is 48.5 Å². The molecule has 5 aromatic rings. The number of pyridine rings is 1. The van der Waals surface area contributed by atoms with Gasteiger partial charge in [-0.05, 0) is 85.8 Å². The number of para-hydroxylation sites is 2. The lowest BCUT2D eigenvalue weighted by Crippen LogP contribution is -2.42. The smallest absolute Gasteiger partial charge is 0.254 e. The second kappa shape index (κ2) is 15.5. The molecular formula is C41H48N6O5. The topological polar surface area (TPSA) is 103 Å². The van der Waals surface area contributed by atoms with Gasteiger partial charge in [-0.3, -0.25) is 9.78 Å². The summed E-state index contributed by atoms with van der Waals surface area (Å²) in [5.74, 6) is 3.09. The number of fused-ring (bicyclic) bond motifs is 1. The number of imidazole rings is 1. The van der Waals surface area contributed by atoms with E-state index in [1.54, 1.807) is 46.8 Å². The number of anilines is 1. The molecule has 272 valence electrons. The summed E-state index contributed by atoms with van der Waals surface area (Å²) in [5, 5.41) is 3.80. The van der Waals surface area contributed by atoms with Crippen molar-refractivity contribution in [2.24, 2.45) is 0 Å². The molecule has 0 radical (unpaired) electrons. The van der Waals surface area contributed by atoms with Crippen molar-refractivity contribution in [3.63, 3.8) is 0 Å². The number of nitrogens with zero attached hydrogens (tertiary/aromatic N) is 5. The van der Waals surface area contributed by atoms with E-state index in [2.05, 4.69) is 56.2 Å². The predicted octanol–water partition coefficient (Wildman–Crippen LogP) is 6.26. The molecule has 52 heavy (non-hydrogen) atoms. The van der Waals surface area contributed by atoms with Crippen LogP contribution in [0.5, 0.6) is 23.0 Å². The molecule has 3 aromatic carbocycles. The van der Waals surface area contributed by atoms with Crippen LogP contribution in [0.2, 0.25) is 0 Å². The molecule has 0 bridgehead atoms. The minimum absolute atomic E-state index is 0.0453.